The standard InChI is InChI=1S/C14H17N3O2S.2ClH/c1-11-10-15-8-9-17(11)20(18,19)14-13-5-3-2-4-12(13)6-7-16-14;;/h2-7,11,15H,8-10H2,1H3;2*1H. The summed E-state index contributed by atoms with van der Waals surface area (Å²) in [5.74, 6) is 0. The van der Waals surface area contributed by atoms with Crippen LogP contribution in [-0.4, -0.2) is 43.4 Å². The highest BCUT2D eigenvalue weighted by Gasteiger charge is 2.32. The summed E-state index contributed by atoms with van der Waals surface area (Å²) in [4.78, 5) is 4.14. The molecule has 122 valence electrons. The number of hydrogen-bond acceptors (Lipinski definition) is 4. The van der Waals surface area contributed by atoms with Crippen LogP contribution >= 0.6 is 24.8 Å². The van der Waals surface area contributed by atoms with E-state index in [4.69, 9.17) is 0 Å². The van der Waals surface area contributed by atoms with E-state index in [2.05, 4.69) is 10.3 Å². The number of sulfonamides is 1. The molecule has 0 bridgehead atoms. The third-order valence-corrected chi connectivity index (χ3v) is 5.60. The summed E-state index contributed by atoms with van der Waals surface area (Å²) >= 11 is 0. The Kier molecular flexibility index (Phi) is 6.58. The van der Waals surface area contributed by atoms with E-state index >= 15 is 0 Å². The van der Waals surface area contributed by atoms with Crippen molar-refractivity contribution in [1.29, 1.82) is 0 Å². The topological polar surface area (TPSA) is 62.3 Å². The van der Waals surface area contributed by atoms with E-state index < -0.39 is 10.0 Å². The van der Waals surface area contributed by atoms with Crippen molar-refractivity contribution in [2.45, 2.75) is 18.0 Å². The first-order valence-electron chi connectivity index (χ1n) is 6.67. The number of pyridine rings is 1. The highest BCUT2D eigenvalue weighted by molar-refractivity contribution is 7.89. The molecule has 0 saturated carbocycles. The number of fused-ring (bicyclic) bond motifs is 1. The molecule has 0 spiro atoms. The van der Waals surface area contributed by atoms with Crippen LogP contribution in [0, 0.1) is 0 Å². The summed E-state index contributed by atoms with van der Waals surface area (Å²) in [7, 11) is -3.56. The number of benzene rings is 1. The lowest BCUT2D eigenvalue weighted by molar-refractivity contribution is 0.283. The van der Waals surface area contributed by atoms with E-state index in [0.717, 1.165) is 5.39 Å². The van der Waals surface area contributed by atoms with Gasteiger partial charge in [-0.3, -0.25) is 0 Å². The maximum absolute atomic E-state index is 12.8. The molecule has 8 heteroatoms. The van der Waals surface area contributed by atoms with E-state index in [1.807, 2.05) is 37.3 Å². The van der Waals surface area contributed by atoms with Crippen LogP contribution in [0.3, 0.4) is 0 Å². The van der Waals surface area contributed by atoms with E-state index in [-0.39, 0.29) is 35.9 Å². The summed E-state index contributed by atoms with van der Waals surface area (Å²) in [6.45, 7) is 3.74. The molecule has 5 nitrogen and oxygen atoms in total. The zero-order valence-corrected chi connectivity index (χ0v) is 14.5. The molecule has 1 unspecified atom stereocenters. The van der Waals surface area contributed by atoms with Crippen LogP contribution in [0.25, 0.3) is 10.8 Å². The fourth-order valence-electron chi connectivity index (χ4n) is 2.59. The molecule has 1 atom stereocenters. The molecule has 1 saturated heterocycles. The molecule has 1 aromatic heterocycles. The molecule has 0 aliphatic carbocycles. The van der Waals surface area contributed by atoms with Crippen molar-refractivity contribution in [2.24, 2.45) is 0 Å². The highest BCUT2D eigenvalue weighted by atomic mass is 35.5. The van der Waals surface area contributed by atoms with E-state index in [1.165, 1.54) is 4.31 Å². The van der Waals surface area contributed by atoms with Gasteiger partial charge in [-0.05, 0) is 18.4 Å². The van der Waals surface area contributed by atoms with Crippen LogP contribution in [0.1, 0.15) is 6.92 Å². The van der Waals surface area contributed by atoms with E-state index in [9.17, 15) is 8.42 Å². The molecule has 2 aromatic rings. The molecule has 0 radical (unpaired) electrons. The van der Waals surface area contributed by atoms with Gasteiger partial charge in [0, 0.05) is 37.3 Å². The Morgan fingerprint density at radius 2 is 1.95 bits per heavy atom. The van der Waals surface area contributed by atoms with Gasteiger partial charge in [0.15, 0.2) is 5.03 Å². The summed E-state index contributed by atoms with van der Waals surface area (Å²) in [6, 6.07) is 9.21. The fourth-order valence-corrected chi connectivity index (χ4v) is 4.35. The molecule has 1 aromatic carbocycles. The second kappa shape index (κ2) is 7.57. The summed E-state index contributed by atoms with van der Waals surface area (Å²) in [6.07, 6.45) is 1.56. The highest BCUT2D eigenvalue weighted by Crippen LogP contribution is 2.25. The van der Waals surface area contributed by atoms with Crippen molar-refractivity contribution in [3.05, 3.63) is 36.5 Å². The van der Waals surface area contributed by atoms with Gasteiger partial charge in [0.05, 0.1) is 0 Å². The lowest BCUT2D eigenvalue weighted by Crippen LogP contribution is -2.52. The number of nitrogens with zero attached hydrogens (tertiary/aromatic N) is 2. The number of rotatable bonds is 2. The minimum Gasteiger partial charge on any atom is -0.314 e. The Hall–Kier alpha value is -0.920. The van der Waals surface area contributed by atoms with Crippen LogP contribution in [0.5, 0.6) is 0 Å². The quantitative estimate of drug-likeness (QED) is 0.886. The Morgan fingerprint density at radius 3 is 2.68 bits per heavy atom. The van der Waals surface area contributed by atoms with Crippen LogP contribution in [0.4, 0.5) is 0 Å². The van der Waals surface area contributed by atoms with Gasteiger partial charge >= 0.3 is 0 Å². The molecule has 3 rings (SSSR count). The van der Waals surface area contributed by atoms with Crippen molar-refractivity contribution < 1.29 is 8.42 Å². The third kappa shape index (κ3) is 3.36. The van der Waals surface area contributed by atoms with Crippen LogP contribution in [0.2, 0.25) is 0 Å². The first-order chi connectivity index (χ1) is 9.60. The predicted molar refractivity (Wildman–Crippen MR) is 92.5 cm³/mol. The smallest absolute Gasteiger partial charge is 0.261 e. The Bertz CT molecular complexity index is 734. The van der Waals surface area contributed by atoms with Gasteiger partial charge in [-0.25, -0.2) is 13.4 Å². The lowest BCUT2D eigenvalue weighted by atomic mass is 10.2. The Labute approximate surface area is 143 Å². The van der Waals surface area contributed by atoms with Gasteiger partial charge in [-0.2, -0.15) is 4.31 Å². The molecule has 2 heterocycles. The molecule has 1 N–H and O–H groups in total. The molecule has 1 fully saturated rings. The van der Waals surface area contributed by atoms with Crippen molar-refractivity contribution in [1.82, 2.24) is 14.6 Å². The number of nitrogens with one attached hydrogen (secondary N) is 1. The zero-order chi connectivity index (χ0) is 14.2. The van der Waals surface area contributed by atoms with E-state index in [0.29, 0.717) is 25.0 Å². The molecular formula is C14H19Cl2N3O2S. The summed E-state index contributed by atoms with van der Waals surface area (Å²) in [5.41, 5.74) is 0. The zero-order valence-electron chi connectivity index (χ0n) is 12.1. The first kappa shape index (κ1) is 19.1. The minimum atomic E-state index is -3.56. The van der Waals surface area contributed by atoms with Gasteiger partial charge in [0.25, 0.3) is 10.0 Å². The monoisotopic (exact) mass is 363 g/mol. The minimum absolute atomic E-state index is 0. The van der Waals surface area contributed by atoms with Gasteiger partial charge in [-0.15, -0.1) is 24.8 Å². The summed E-state index contributed by atoms with van der Waals surface area (Å²) in [5, 5.41) is 4.93. The van der Waals surface area contributed by atoms with Crippen molar-refractivity contribution in [2.75, 3.05) is 19.6 Å². The molecular weight excluding hydrogens is 345 g/mol. The average Bonchev–Trinajstić information content (AvgIpc) is 2.47. The number of aromatic nitrogens is 1. The SMILES string of the molecule is CC1CNCCN1S(=O)(=O)c1nccc2ccccc12.Cl.Cl. The lowest BCUT2D eigenvalue weighted by Gasteiger charge is -2.32. The van der Waals surface area contributed by atoms with Crippen molar-refractivity contribution in [3.63, 3.8) is 0 Å². The molecule has 1 aliphatic heterocycles. The van der Waals surface area contributed by atoms with Crippen LogP contribution in [-0.2, 0) is 10.0 Å². The van der Waals surface area contributed by atoms with Gasteiger partial charge in [-0.1, -0.05) is 24.3 Å². The maximum Gasteiger partial charge on any atom is 0.261 e. The Balaban J connectivity index is 0.00000121. The maximum atomic E-state index is 12.8. The Morgan fingerprint density at radius 1 is 1.23 bits per heavy atom. The van der Waals surface area contributed by atoms with Crippen molar-refractivity contribution in [3.8, 4) is 0 Å². The average molecular weight is 364 g/mol. The fraction of sp³-hybridized carbons (Fsp3) is 0.357. The normalized spacial score (nSPS) is 19.2. The number of piperazine rings is 1. The number of halogens is 2. The first-order valence-corrected chi connectivity index (χ1v) is 8.11. The van der Waals surface area contributed by atoms with Gasteiger partial charge in [0.2, 0.25) is 0 Å². The van der Waals surface area contributed by atoms with E-state index in [1.54, 1.807) is 6.20 Å². The van der Waals surface area contributed by atoms with Crippen LogP contribution < -0.4 is 5.32 Å². The predicted octanol–water partition coefficient (Wildman–Crippen LogP) is 2.06. The largest absolute Gasteiger partial charge is 0.314 e. The molecule has 0 amide bonds. The molecule has 22 heavy (non-hydrogen) atoms. The second-order valence-corrected chi connectivity index (χ2v) is 6.81. The van der Waals surface area contributed by atoms with Crippen LogP contribution in [0.15, 0.2) is 41.6 Å². The summed E-state index contributed by atoms with van der Waals surface area (Å²) < 4.78 is 27.2. The number of hydrogen-bond donors (Lipinski definition) is 1. The third-order valence-electron chi connectivity index (χ3n) is 3.63. The van der Waals surface area contributed by atoms with Gasteiger partial charge < -0.3 is 5.32 Å². The van der Waals surface area contributed by atoms with Crippen molar-refractivity contribution >= 4 is 45.6 Å². The molecule has 1 aliphatic rings. The second-order valence-electron chi connectivity index (χ2n) is 5.01. The van der Waals surface area contributed by atoms with Gasteiger partial charge in [0.1, 0.15) is 0 Å².